The van der Waals surface area contributed by atoms with Gasteiger partial charge < -0.3 is 19.9 Å². The average molecular weight is 399 g/mol. The van der Waals surface area contributed by atoms with Gasteiger partial charge in [-0.15, -0.1) is 0 Å². The Morgan fingerprint density at radius 1 is 1.31 bits per heavy atom. The van der Waals surface area contributed by atoms with E-state index in [4.69, 9.17) is 4.74 Å². The lowest BCUT2D eigenvalue weighted by atomic mass is 10.1. The van der Waals surface area contributed by atoms with Crippen LogP contribution in [0.3, 0.4) is 0 Å². The Bertz CT molecular complexity index is 771. The predicted molar refractivity (Wildman–Crippen MR) is 114 cm³/mol. The second-order valence-electron chi connectivity index (χ2n) is 7.39. The molecule has 8 nitrogen and oxygen atoms in total. The number of likely N-dealkylation sites (N-methyl/N-ethyl adjacent to an activating group) is 1. The summed E-state index contributed by atoms with van der Waals surface area (Å²) in [6, 6.07) is 11.3. The van der Waals surface area contributed by atoms with Crippen LogP contribution in [0.5, 0.6) is 0 Å². The summed E-state index contributed by atoms with van der Waals surface area (Å²) in [7, 11) is 4.08. The topological polar surface area (TPSA) is 82.6 Å². The lowest BCUT2D eigenvalue weighted by Gasteiger charge is -2.21. The van der Waals surface area contributed by atoms with E-state index in [0.717, 1.165) is 43.9 Å². The zero-order chi connectivity index (χ0) is 20.5. The fourth-order valence-corrected chi connectivity index (χ4v) is 3.10. The predicted octanol–water partition coefficient (Wildman–Crippen LogP) is 1.71. The molecule has 3 rings (SSSR count). The lowest BCUT2D eigenvalue weighted by Crippen LogP contribution is -2.42. The SMILES string of the molecule is CN(C)CCNc1ccnc(N2CCCC(C(=O)OCc3ccccc3)NC2)n1. The summed E-state index contributed by atoms with van der Waals surface area (Å²) >= 11 is 0. The number of nitrogens with zero attached hydrogens (tertiary/aromatic N) is 4. The third-order valence-corrected chi connectivity index (χ3v) is 4.75. The Labute approximate surface area is 172 Å². The fraction of sp³-hybridized carbons (Fsp3) is 0.476. The molecule has 0 radical (unpaired) electrons. The Balaban J connectivity index is 1.51. The summed E-state index contributed by atoms with van der Waals surface area (Å²) < 4.78 is 5.48. The van der Waals surface area contributed by atoms with E-state index in [1.807, 2.05) is 50.5 Å². The number of ether oxygens (including phenoxy) is 1. The molecule has 0 saturated carbocycles. The molecule has 1 aliphatic heterocycles. The highest BCUT2D eigenvalue weighted by atomic mass is 16.5. The molecule has 1 unspecified atom stereocenters. The van der Waals surface area contributed by atoms with E-state index in [2.05, 4.69) is 30.4 Å². The monoisotopic (exact) mass is 398 g/mol. The number of nitrogens with one attached hydrogen (secondary N) is 2. The molecule has 0 amide bonds. The Hall–Kier alpha value is -2.71. The number of esters is 1. The molecule has 0 aliphatic carbocycles. The molecule has 0 spiro atoms. The molecule has 1 saturated heterocycles. The van der Waals surface area contributed by atoms with E-state index in [1.54, 1.807) is 6.20 Å². The van der Waals surface area contributed by atoms with Gasteiger partial charge in [0.05, 0.1) is 6.67 Å². The minimum absolute atomic E-state index is 0.212. The highest BCUT2D eigenvalue weighted by Crippen LogP contribution is 2.15. The van der Waals surface area contributed by atoms with Crippen LogP contribution in [0.2, 0.25) is 0 Å². The zero-order valence-electron chi connectivity index (χ0n) is 17.2. The molecule has 1 aromatic carbocycles. The zero-order valence-corrected chi connectivity index (χ0v) is 17.2. The van der Waals surface area contributed by atoms with Gasteiger partial charge in [0.1, 0.15) is 18.5 Å². The van der Waals surface area contributed by atoms with Gasteiger partial charge in [0.15, 0.2) is 0 Å². The quantitative estimate of drug-likeness (QED) is 0.651. The van der Waals surface area contributed by atoms with Crippen LogP contribution < -0.4 is 15.5 Å². The lowest BCUT2D eigenvalue weighted by molar-refractivity contribution is -0.147. The van der Waals surface area contributed by atoms with Crippen molar-refractivity contribution in [1.82, 2.24) is 20.2 Å². The first-order chi connectivity index (χ1) is 14.1. The maximum absolute atomic E-state index is 12.4. The summed E-state index contributed by atoms with van der Waals surface area (Å²) in [5.74, 6) is 1.25. The molecule has 29 heavy (non-hydrogen) atoms. The molecular formula is C21H30N6O2. The molecule has 2 heterocycles. The molecule has 1 fully saturated rings. The Morgan fingerprint density at radius 3 is 2.93 bits per heavy atom. The maximum Gasteiger partial charge on any atom is 0.323 e. The number of rotatable bonds is 8. The van der Waals surface area contributed by atoms with E-state index in [9.17, 15) is 4.79 Å². The van der Waals surface area contributed by atoms with Crippen LogP contribution in [0.1, 0.15) is 18.4 Å². The van der Waals surface area contributed by atoms with Crippen molar-refractivity contribution in [2.75, 3.05) is 50.6 Å². The van der Waals surface area contributed by atoms with Crippen molar-refractivity contribution in [3.8, 4) is 0 Å². The van der Waals surface area contributed by atoms with Crippen LogP contribution in [0, 0.1) is 0 Å². The van der Waals surface area contributed by atoms with Gasteiger partial charge in [0.25, 0.3) is 0 Å². The Morgan fingerprint density at radius 2 is 2.14 bits per heavy atom. The minimum Gasteiger partial charge on any atom is -0.460 e. The van der Waals surface area contributed by atoms with Crippen molar-refractivity contribution in [3.05, 3.63) is 48.2 Å². The number of aromatic nitrogens is 2. The summed E-state index contributed by atoms with van der Waals surface area (Å²) in [6.45, 7) is 3.34. The maximum atomic E-state index is 12.4. The summed E-state index contributed by atoms with van der Waals surface area (Å²) in [6.07, 6.45) is 3.35. The number of anilines is 2. The number of carbonyl (C=O) groups excluding carboxylic acids is 1. The van der Waals surface area contributed by atoms with E-state index in [-0.39, 0.29) is 12.0 Å². The molecule has 156 valence electrons. The molecule has 1 aliphatic rings. The van der Waals surface area contributed by atoms with Crippen molar-refractivity contribution in [2.24, 2.45) is 0 Å². The number of hydrogen-bond acceptors (Lipinski definition) is 8. The van der Waals surface area contributed by atoms with Gasteiger partial charge in [-0.3, -0.25) is 10.1 Å². The third-order valence-electron chi connectivity index (χ3n) is 4.75. The van der Waals surface area contributed by atoms with Gasteiger partial charge in [0.2, 0.25) is 5.95 Å². The van der Waals surface area contributed by atoms with Gasteiger partial charge in [-0.2, -0.15) is 4.98 Å². The Kier molecular flexibility index (Phi) is 7.77. The molecule has 0 bridgehead atoms. The average Bonchev–Trinajstić information content (AvgIpc) is 2.99. The summed E-state index contributed by atoms with van der Waals surface area (Å²) in [4.78, 5) is 25.6. The first-order valence-electron chi connectivity index (χ1n) is 10.0. The number of benzene rings is 1. The van der Waals surface area contributed by atoms with Gasteiger partial charge in [-0.1, -0.05) is 30.3 Å². The smallest absolute Gasteiger partial charge is 0.323 e. The van der Waals surface area contributed by atoms with Crippen molar-refractivity contribution < 1.29 is 9.53 Å². The standard InChI is InChI=1S/C21H30N6O2/c1-26(2)14-12-22-19-10-11-23-21(25-19)27-13-6-9-18(24-16-27)20(28)29-15-17-7-4-3-5-8-17/h3-5,7-8,10-11,18,24H,6,9,12-16H2,1-2H3,(H,22,23,25). The summed E-state index contributed by atoms with van der Waals surface area (Å²) in [5.41, 5.74) is 0.989. The van der Waals surface area contributed by atoms with E-state index in [0.29, 0.717) is 19.2 Å². The first kappa shape index (κ1) is 21.0. The van der Waals surface area contributed by atoms with Crippen molar-refractivity contribution >= 4 is 17.7 Å². The van der Waals surface area contributed by atoms with Crippen molar-refractivity contribution in [2.45, 2.75) is 25.5 Å². The van der Waals surface area contributed by atoms with E-state index in [1.165, 1.54) is 0 Å². The van der Waals surface area contributed by atoms with Crippen LogP contribution >= 0.6 is 0 Å². The van der Waals surface area contributed by atoms with Crippen molar-refractivity contribution in [3.63, 3.8) is 0 Å². The molecule has 2 aromatic rings. The van der Waals surface area contributed by atoms with Crippen LogP contribution in [0.15, 0.2) is 42.6 Å². The second kappa shape index (κ2) is 10.7. The first-order valence-corrected chi connectivity index (χ1v) is 10.0. The van der Waals surface area contributed by atoms with E-state index >= 15 is 0 Å². The molecule has 2 N–H and O–H groups in total. The normalized spacial score (nSPS) is 17.1. The third kappa shape index (κ3) is 6.69. The molecule has 1 atom stereocenters. The van der Waals surface area contributed by atoms with Crippen LogP contribution in [-0.4, -0.2) is 67.3 Å². The van der Waals surface area contributed by atoms with Gasteiger partial charge >= 0.3 is 5.97 Å². The number of carbonyl (C=O) groups is 1. The molecule has 8 heteroatoms. The van der Waals surface area contributed by atoms with Crippen LogP contribution in [-0.2, 0) is 16.1 Å². The van der Waals surface area contributed by atoms with Gasteiger partial charge in [0, 0.05) is 25.8 Å². The van der Waals surface area contributed by atoms with Crippen LogP contribution in [0.25, 0.3) is 0 Å². The molecule has 1 aromatic heterocycles. The largest absolute Gasteiger partial charge is 0.460 e. The highest BCUT2D eigenvalue weighted by Gasteiger charge is 2.24. The molecular weight excluding hydrogens is 368 g/mol. The van der Waals surface area contributed by atoms with Crippen LogP contribution in [0.4, 0.5) is 11.8 Å². The van der Waals surface area contributed by atoms with Gasteiger partial charge in [-0.05, 0) is 38.6 Å². The number of hydrogen-bond donors (Lipinski definition) is 2. The van der Waals surface area contributed by atoms with Crippen molar-refractivity contribution in [1.29, 1.82) is 0 Å². The highest BCUT2D eigenvalue weighted by molar-refractivity contribution is 5.75. The van der Waals surface area contributed by atoms with E-state index < -0.39 is 0 Å². The van der Waals surface area contributed by atoms with Gasteiger partial charge in [-0.25, -0.2) is 4.98 Å². The fourth-order valence-electron chi connectivity index (χ4n) is 3.10. The summed E-state index contributed by atoms with van der Waals surface area (Å²) in [5, 5.41) is 6.60. The second-order valence-corrected chi connectivity index (χ2v) is 7.39. The minimum atomic E-state index is -0.315.